The Morgan fingerprint density at radius 3 is 1.25 bits per heavy atom. The van der Waals surface area contributed by atoms with Gasteiger partial charge in [0.1, 0.15) is 0 Å². The molecule has 0 aromatic carbocycles. The third kappa shape index (κ3) is 22.5. The zero-order valence-electron chi connectivity index (χ0n) is 8.03. The van der Waals surface area contributed by atoms with Crippen LogP contribution < -0.4 is 6.15 Å². The van der Waals surface area contributed by atoms with E-state index in [2.05, 4.69) is 25.7 Å². The minimum absolute atomic E-state index is 0. The molecule has 0 spiro atoms. The van der Waals surface area contributed by atoms with Crippen molar-refractivity contribution in [1.82, 2.24) is 11.1 Å². The number of nitrogens with zero attached hydrogens (tertiary/aromatic N) is 1. The van der Waals surface area contributed by atoms with E-state index in [0.717, 1.165) is 0 Å². The second-order valence-corrected chi connectivity index (χ2v) is 2.38. The van der Waals surface area contributed by atoms with Crippen LogP contribution in [0.5, 0.6) is 0 Å². The van der Waals surface area contributed by atoms with Crippen molar-refractivity contribution in [3.8, 4) is 0 Å². The van der Waals surface area contributed by atoms with E-state index >= 15 is 0 Å². The Bertz CT molecular complexity index is 89.3. The smallest absolute Gasteiger partial charge is 0.344 e. The summed E-state index contributed by atoms with van der Waals surface area (Å²) in [4.78, 5) is 16.6. The van der Waals surface area contributed by atoms with Crippen molar-refractivity contribution >= 4 is 8.25 Å². The van der Waals surface area contributed by atoms with Gasteiger partial charge in [-0.1, -0.05) is 20.8 Å². The first-order valence-electron chi connectivity index (χ1n) is 3.65. The summed E-state index contributed by atoms with van der Waals surface area (Å²) in [6, 6.07) is 0. The van der Waals surface area contributed by atoms with Gasteiger partial charge in [-0.3, -0.25) is 0 Å². The molecular formula is C6H20N2O3P+. The van der Waals surface area contributed by atoms with Crippen LogP contribution in [0, 0.1) is 0 Å². The van der Waals surface area contributed by atoms with Crippen LogP contribution in [0.3, 0.4) is 0 Å². The summed E-state index contributed by atoms with van der Waals surface area (Å²) < 4.78 is 8.70. The highest BCUT2D eigenvalue weighted by atomic mass is 31.1. The maximum Gasteiger partial charge on any atom is 0.692 e. The van der Waals surface area contributed by atoms with Crippen molar-refractivity contribution in [3.63, 3.8) is 0 Å². The zero-order valence-corrected chi connectivity index (χ0v) is 8.92. The minimum atomic E-state index is -2.87. The first kappa shape index (κ1) is 17.9. The van der Waals surface area contributed by atoms with Crippen LogP contribution in [-0.4, -0.2) is 34.3 Å². The van der Waals surface area contributed by atoms with Crippen LogP contribution in [0.1, 0.15) is 20.8 Å². The normalized spacial score (nSPS) is 8.17. The Morgan fingerprint density at radius 2 is 1.25 bits per heavy atom. The summed E-state index contributed by atoms with van der Waals surface area (Å²) in [6.45, 7) is 10.1. The van der Waals surface area contributed by atoms with Crippen LogP contribution in [0.15, 0.2) is 0 Å². The van der Waals surface area contributed by atoms with E-state index in [0.29, 0.717) is 0 Å². The van der Waals surface area contributed by atoms with E-state index in [-0.39, 0.29) is 6.15 Å². The van der Waals surface area contributed by atoms with E-state index in [1.807, 2.05) is 0 Å². The fourth-order valence-electron chi connectivity index (χ4n) is 0.671. The van der Waals surface area contributed by atoms with Crippen molar-refractivity contribution in [2.45, 2.75) is 20.8 Å². The minimum Gasteiger partial charge on any atom is -0.344 e. The van der Waals surface area contributed by atoms with E-state index in [4.69, 9.17) is 14.4 Å². The molecule has 0 aliphatic rings. The van der Waals surface area contributed by atoms with Gasteiger partial charge in [0.25, 0.3) is 0 Å². The maximum atomic E-state index is 8.70. The molecule has 6 heteroatoms. The second kappa shape index (κ2) is 13.5. The molecule has 0 saturated heterocycles. The average molecular weight is 199 g/mol. The molecule has 5 nitrogen and oxygen atoms in total. The highest BCUT2D eigenvalue weighted by molar-refractivity contribution is 7.30. The largest absolute Gasteiger partial charge is 0.692 e. The highest BCUT2D eigenvalue weighted by Gasteiger charge is 1.93. The van der Waals surface area contributed by atoms with Gasteiger partial charge in [-0.05, 0) is 19.6 Å². The Labute approximate surface area is 74.9 Å². The van der Waals surface area contributed by atoms with E-state index in [9.17, 15) is 0 Å². The summed E-state index contributed by atoms with van der Waals surface area (Å²) in [5, 5.41) is 0. The van der Waals surface area contributed by atoms with Crippen molar-refractivity contribution in [2.75, 3.05) is 19.6 Å². The Balaban J connectivity index is -0.000000142. The van der Waals surface area contributed by atoms with Crippen LogP contribution in [0.2, 0.25) is 0 Å². The van der Waals surface area contributed by atoms with Crippen LogP contribution in [0.25, 0.3) is 0 Å². The Morgan fingerprint density at radius 1 is 1.08 bits per heavy atom. The molecule has 0 aliphatic heterocycles. The number of hydrogen-bond donors (Lipinski definition) is 3. The summed E-state index contributed by atoms with van der Waals surface area (Å²) in [6.07, 6.45) is 0. The number of rotatable bonds is 3. The molecule has 5 N–H and O–H groups in total. The van der Waals surface area contributed by atoms with Crippen molar-refractivity contribution < 1.29 is 14.4 Å². The molecule has 0 unspecified atom stereocenters. The number of hydrogen-bond acceptors (Lipinski definition) is 3. The topological polar surface area (TPSA) is 95.8 Å². The van der Waals surface area contributed by atoms with Crippen molar-refractivity contribution in [3.05, 3.63) is 0 Å². The molecule has 0 saturated carbocycles. The molecule has 0 aromatic heterocycles. The predicted molar refractivity (Wildman–Crippen MR) is 50.5 cm³/mol. The molecule has 0 radical (unpaired) electrons. The van der Waals surface area contributed by atoms with Crippen LogP contribution in [-0.2, 0) is 4.57 Å². The first-order chi connectivity index (χ1) is 5.08. The third-order valence-electron chi connectivity index (χ3n) is 1.34. The lowest BCUT2D eigenvalue weighted by Crippen LogP contribution is -2.21. The van der Waals surface area contributed by atoms with Gasteiger partial charge < -0.3 is 11.1 Å². The SMILES string of the molecule is CCN(CC)CC.N.O=[P+](O)O. The fourth-order valence-corrected chi connectivity index (χ4v) is 0.671. The first-order valence-corrected chi connectivity index (χ1v) is 4.82. The van der Waals surface area contributed by atoms with E-state index in [1.54, 1.807) is 0 Å². The average Bonchev–Trinajstić information content (AvgIpc) is 1.90. The second-order valence-electron chi connectivity index (χ2n) is 1.87. The molecule has 0 aromatic rings. The summed E-state index contributed by atoms with van der Waals surface area (Å²) in [7, 11) is -2.87. The van der Waals surface area contributed by atoms with Crippen molar-refractivity contribution in [2.24, 2.45) is 0 Å². The quantitative estimate of drug-likeness (QED) is 0.592. The van der Waals surface area contributed by atoms with Gasteiger partial charge in [0.15, 0.2) is 0 Å². The van der Waals surface area contributed by atoms with Gasteiger partial charge in [-0.15, -0.1) is 9.79 Å². The summed E-state index contributed by atoms with van der Waals surface area (Å²) >= 11 is 0. The standard InChI is InChI=1S/C6H15N.H3N.HO3P/c1-4-7(5-2)6-3;;1-4(2)3/h4-6H2,1-3H3;1H3;(H-,1,2,3)/p+1. The molecule has 0 heterocycles. The van der Waals surface area contributed by atoms with Crippen molar-refractivity contribution in [1.29, 1.82) is 0 Å². The highest BCUT2D eigenvalue weighted by Crippen LogP contribution is 1.98. The molecule has 0 aliphatic carbocycles. The summed E-state index contributed by atoms with van der Waals surface area (Å²) in [5.74, 6) is 0. The van der Waals surface area contributed by atoms with Gasteiger partial charge >= 0.3 is 8.25 Å². The third-order valence-corrected chi connectivity index (χ3v) is 1.34. The van der Waals surface area contributed by atoms with Crippen LogP contribution >= 0.6 is 8.25 Å². The fraction of sp³-hybridized carbons (Fsp3) is 1.00. The molecular weight excluding hydrogens is 179 g/mol. The van der Waals surface area contributed by atoms with Gasteiger partial charge in [0.2, 0.25) is 0 Å². The molecule has 76 valence electrons. The summed E-state index contributed by atoms with van der Waals surface area (Å²) in [5.41, 5.74) is 0. The van der Waals surface area contributed by atoms with Gasteiger partial charge in [-0.2, -0.15) is 0 Å². The lowest BCUT2D eigenvalue weighted by Gasteiger charge is -2.13. The molecule has 0 fully saturated rings. The molecule has 0 bridgehead atoms. The van der Waals surface area contributed by atoms with E-state index < -0.39 is 8.25 Å². The van der Waals surface area contributed by atoms with Gasteiger partial charge in [0.05, 0.1) is 0 Å². The molecule has 12 heavy (non-hydrogen) atoms. The lowest BCUT2D eigenvalue weighted by atomic mass is 10.5. The monoisotopic (exact) mass is 199 g/mol. The van der Waals surface area contributed by atoms with Gasteiger partial charge in [-0.25, -0.2) is 0 Å². The van der Waals surface area contributed by atoms with Crippen LogP contribution in [0.4, 0.5) is 0 Å². The maximum absolute atomic E-state index is 8.70. The molecule has 0 amide bonds. The Hall–Kier alpha value is -0.0600. The van der Waals surface area contributed by atoms with Gasteiger partial charge in [0, 0.05) is 4.57 Å². The lowest BCUT2D eigenvalue weighted by molar-refractivity contribution is 0.321. The predicted octanol–water partition coefficient (Wildman–Crippen LogP) is 1.14. The molecule has 0 atom stereocenters. The Kier molecular flexibility index (Phi) is 20.2. The van der Waals surface area contributed by atoms with E-state index in [1.165, 1.54) is 19.6 Å². The molecule has 0 rings (SSSR count). The zero-order chi connectivity index (χ0) is 9.28.